The van der Waals surface area contributed by atoms with Crippen molar-refractivity contribution in [2.45, 2.75) is 19.6 Å². The fourth-order valence-electron chi connectivity index (χ4n) is 1.16. The van der Waals surface area contributed by atoms with Gasteiger partial charge in [-0.15, -0.1) is 0 Å². The number of hydrogen-bond acceptors (Lipinski definition) is 2. The van der Waals surface area contributed by atoms with Gasteiger partial charge in [-0.05, 0) is 12.1 Å². The summed E-state index contributed by atoms with van der Waals surface area (Å²) in [6, 6.07) is 5.67. The van der Waals surface area contributed by atoms with Gasteiger partial charge in [0.2, 0.25) is 0 Å². The lowest BCUT2D eigenvalue weighted by molar-refractivity contribution is 0.374. The van der Waals surface area contributed by atoms with Crippen LogP contribution in [0.2, 0.25) is 19.6 Å². The zero-order chi connectivity index (χ0) is 10.1. The molecule has 1 aromatic carbocycles. The molecule has 0 saturated carbocycles. The molecule has 1 aromatic rings. The predicted molar refractivity (Wildman–Crippen MR) is 57.6 cm³/mol. The second kappa shape index (κ2) is 3.42. The van der Waals surface area contributed by atoms with Crippen LogP contribution in [0.4, 0.5) is 0 Å². The number of benzene rings is 1. The van der Waals surface area contributed by atoms with Gasteiger partial charge in [-0.3, -0.25) is 0 Å². The summed E-state index contributed by atoms with van der Waals surface area (Å²) in [7, 11) is 0.243. The Morgan fingerprint density at radius 1 is 1.23 bits per heavy atom. The van der Waals surface area contributed by atoms with E-state index in [2.05, 4.69) is 19.6 Å². The molecule has 0 aliphatic heterocycles. The molecule has 0 saturated heterocycles. The minimum absolute atomic E-state index is 0.238. The van der Waals surface area contributed by atoms with Crippen molar-refractivity contribution in [3.63, 3.8) is 0 Å². The van der Waals surface area contributed by atoms with Gasteiger partial charge in [-0.25, -0.2) is 0 Å². The van der Waals surface area contributed by atoms with Crippen molar-refractivity contribution in [2.24, 2.45) is 0 Å². The first-order valence-electron chi connectivity index (χ1n) is 4.32. The molecule has 0 spiro atoms. The van der Waals surface area contributed by atoms with Crippen LogP contribution in [0.1, 0.15) is 0 Å². The van der Waals surface area contributed by atoms with Crippen LogP contribution >= 0.6 is 0 Å². The highest BCUT2D eigenvalue weighted by molar-refractivity contribution is 6.88. The molecule has 0 radical (unpaired) electrons. The van der Waals surface area contributed by atoms with E-state index in [1.165, 1.54) is 5.19 Å². The Morgan fingerprint density at radius 2 is 1.85 bits per heavy atom. The van der Waals surface area contributed by atoms with Crippen molar-refractivity contribution < 1.29 is 9.84 Å². The third kappa shape index (κ3) is 2.25. The molecule has 0 aliphatic carbocycles. The summed E-state index contributed by atoms with van der Waals surface area (Å²) in [4.78, 5) is 0. The minimum atomic E-state index is -1.32. The lowest BCUT2D eigenvalue weighted by Gasteiger charge is -2.17. The van der Waals surface area contributed by atoms with Gasteiger partial charge in [0.25, 0.3) is 0 Å². The highest BCUT2D eigenvalue weighted by Gasteiger charge is 2.17. The molecular weight excluding hydrogens is 180 g/mol. The van der Waals surface area contributed by atoms with Crippen molar-refractivity contribution in [2.75, 3.05) is 7.11 Å². The number of ether oxygens (including phenoxy) is 1. The summed E-state index contributed by atoms with van der Waals surface area (Å²) in [5.41, 5.74) is 0. The van der Waals surface area contributed by atoms with Crippen LogP contribution in [0.25, 0.3) is 0 Å². The third-order valence-electron chi connectivity index (χ3n) is 2.04. The molecule has 13 heavy (non-hydrogen) atoms. The van der Waals surface area contributed by atoms with Crippen molar-refractivity contribution in [1.29, 1.82) is 0 Å². The number of aromatic hydroxyl groups is 1. The number of methoxy groups -OCH3 is 1. The zero-order valence-electron chi connectivity index (χ0n) is 8.59. The first-order chi connectivity index (χ1) is 5.95. The van der Waals surface area contributed by atoms with Crippen LogP contribution in [0.3, 0.4) is 0 Å². The second-order valence-electron chi connectivity index (χ2n) is 4.14. The molecule has 0 aliphatic rings. The van der Waals surface area contributed by atoms with Crippen LogP contribution in [0.15, 0.2) is 18.2 Å². The van der Waals surface area contributed by atoms with E-state index < -0.39 is 8.07 Å². The smallest absolute Gasteiger partial charge is 0.160 e. The van der Waals surface area contributed by atoms with Crippen LogP contribution in [-0.2, 0) is 0 Å². The molecular formula is C10H16O2Si. The molecule has 0 fully saturated rings. The summed E-state index contributed by atoms with van der Waals surface area (Å²) in [5.74, 6) is 0.782. The van der Waals surface area contributed by atoms with Gasteiger partial charge in [0, 0.05) is 0 Å². The van der Waals surface area contributed by atoms with Gasteiger partial charge in [0.15, 0.2) is 11.5 Å². The van der Waals surface area contributed by atoms with E-state index in [4.69, 9.17) is 4.74 Å². The molecule has 0 unspecified atom stereocenters. The van der Waals surface area contributed by atoms with Crippen LogP contribution in [0, 0.1) is 0 Å². The van der Waals surface area contributed by atoms with E-state index in [1.807, 2.05) is 18.2 Å². The van der Waals surface area contributed by atoms with E-state index in [0.29, 0.717) is 5.75 Å². The predicted octanol–water partition coefficient (Wildman–Crippen LogP) is 1.95. The molecule has 0 amide bonds. The van der Waals surface area contributed by atoms with Gasteiger partial charge >= 0.3 is 0 Å². The van der Waals surface area contributed by atoms with Crippen molar-refractivity contribution >= 4 is 13.3 Å². The second-order valence-corrected chi connectivity index (χ2v) is 9.21. The van der Waals surface area contributed by atoms with Gasteiger partial charge in [0.1, 0.15) is 0 Å². The molecule has 3 heteroatoms. The Labute approximate surface area is 80.2 Å². The van der Waals surface area contributed by atoms with E-state index in [0.717, 1.165) is 0 Å². The normalized spacial score (nSPS) is 11.4. The fourth-order valence-corrected chi connectivity index (χ4v) is 2.31. The van der Waals surface area contributed by atoms with Gasteiger partial charge in [-0.1, -0.05) is 30.9 Å². The molecule has 0 heterocycles. The van der Waals surface area contributed by atoms with E-state index in [9.17, 15) is 5.11 Å². The first-order valence-corrected chi connectivity index (χ1v) is 7.82. The van der Waals surface area contributed by atoms with E-state index in [-0.39, 0.29) is 5.75 Å². The summed E-state index contributed by atoms with van der Waals surface area (Å²) in [6.45, 7) is 6.73. The van der Waals surface area contributed by atoms with Gasteiger partial charge in [0.05, 0.1) is 15.2 Å². The molecule has 0 aromatic heterocycles. The topological polar surface area (TPSA) is 29.5 Å². The van der Waals surface area contributed by atoms with Crippen LogP contribution in [-0.4, -0.2) is 20.3 Å². The van der Waals surface area contributed by atoms with E-state index in [1.54, 1.807) is 7.11 Å². The zero-order valence-corrected chi connectivity index (χ0v) is 9.59. The molecule has 0 bridgehead atoms. The maximum Gasteiger partial charge on any atom is 0.160 e. The fraction of sp³-hybridized carbons (Fsp3) is 0.400. The molecule has 1 N–H and O–H groups in total. The molecule has 72 valence electrons. The molecule has 1 rings (SSSR count). The first kappa shape index (κ1) is 10.1. The minimum Gasteiger partial charge on any atom is -0.504 e. The average molecular weight is 196 g/mol. The van der Waals surface area contributed by atoms with Crippen molar-refractivity contribution in [3.8, 4) is 11.5 Å². The summed E-state index contributed by atoms with van der Waals surface area (Å²) >= 11 is 0. The number of phenolic OH excluding ortho intramolecular Hbond substituents is 1. The lowest BCUT2D eigenvalue weighted by Crippen LogP contribution is -2.37. The maximum atomic E-state index is 9.55. The third-order valence-corrected chi connectivity index (χ3v) is 4.09. The van der Waals surface area contributed by atoms with Crippen LogP contribution in [0.5, 0.6) is 11.5 Å². The summed E-state index contributed by atoms with van der Waals surface area (Å²) < 4.78 is 4.98. The highest BCUT2D eigenvalue weighted by atomic mass is 28.3. The SMILES string of the molecule is COc1ccc([Si](C)(C)C)cc1O. The number of phenols is 1. The van der Waals surface area contributed by atoms with Gasteiger partial charge < -0.3 is 9.84 Å². The summed E-state index contributed by atoms with van der Waals surface area (Å²) in [5, 5.41) is 10.8. The Hall–Kier alpha value is -0.963. The standard InChI is InChI=1S/C10H16O2Si/c1-12-10-6-5-8(7-9(10)11)13(2,3)4/h5-7,11H,1-4H3. The average Bonchev–Trinajstić information content (AvgIpc) is 2.02. The Morgan fingerprint density at radius 3 is 2.23 bits per heavy atom. The maximum absolute atomic E-state index is 9.55. The Kier molecular flexibility index (Phi) is 2.66. The summed E-state index contributed by atoms with van der Waals surface area (Å²) in [6.07, 6.45) is 0. The quantitative estimate of drug-likeness (QED) is 0.733. The lowest BCUT2D eigenvalue weighted by atomic mass is 10.3. The Balaban J connectivity index is 3.10. The largest absolute Gasteiger partial charge is 0.504 e. The number of rotatable bonds is 2. The van der Waals surface area contributed by atoms with Gasteiger partial charge in [-0.2, -0.15) is 0 Å². The van der Waals surface area contributed by atoms with E-state index >= 15 is 0 Å². The molecule has 2 nitrogen and oxygen atoms in total. The highest BCUT2D eigenvalue weighted by Crippen LogP contribution is 2.24. The van der Waals surface area contributed by atoms with Crippen molar-refractivity contribution in [1.82, 2.24) is 0 Å². The molecule has 0 atom stereocenters. The monoisotopic (exact) mass is 196 g/mol. The van der Waals surface area contributed by atoms with Crippen LogP contribution < -0.4 is 9.92 Å². The van der Waals surface area contributed by atoms with Crippen molar-refractivity contribution in [3.05, 3.63) is 18.2 Å². The Bertz CT molecular complexity index is 302. The number of hydrogen-bond donors (Lipinski definition) is 1.